The molecular weight excluding hydrogens is 234 g/mol. The molecule has 0 atom stereocenters. The molecule has 6 heteroatoms. The van der Waals surface area contributed by atoms with Gasteiger partial charge in [0.1, 0.15) is 0 Å². The van der Waals surface area contributed by atoms with Gasteiger partial charge >= 0.3 is 0 Å². The van der Waals surface area contributed by atoms with E-state index in [1.165, 1.54) is 9.77 Å². The molecule has 0 fully saturated rings. The summed E-state index contributed by atoms with van der Waals surface area (Å²) >= 11 is 8.33. The minimum absolute atomic E-state index is 0.215. The highest BCUT2D eigenvalue weighted by atomic mass is 32.2. The lowest BCUT2D eigenvalue weighted by Crippen LogP contribution is -2.26. The molecule has 2 rings (SSSR count). The normalized spacial score (nSPS) is 17.9. The molecule has 1 aromatic heterocycles. The van der Waals surface area contributed by atoms with E-state index in [-0.39, 0.29) is 5.11 Å². The third kappa shape index (κ3) is 2.08. The number of nitrogens with two attached hydrogens (primary N) is 1. The Hall–Kier alpha value is -0.590. The van der Waals surface area contributed by atoms with Crippen LogP contribution < -0.4 is 11.2 Å². The molecule has 3 N–H and O–H groups in total. The molecule has 0 aromatic carbocycles. The molecule has 14 heavy (non-hydrogen) atoms. The van der Waals surface area contributed by atoms with Crippen molar-refractivity contribution in [2.24, 2.45) is 10.8 Å². The van der Waals surface area contributed by atoms with E-state index in [1.54, 1.807) is 11.3 Å². The van der Waals surface area contributed by atoms with Crippen molar-refractivity contribution in [2.75, 3.05) is 5.75 Å². The van der Waals surface area contributed by atoms with Gasteiger partial charge in [-0.2, -0.15) is 5.10 Å². The van der Waals surface area contributed by atoms with Gasteiger partial charge in [-0.1, -0.05) is 0 Å². The molecule has 0 radical (unpaired) electrons. The zero-order valence-electron chi connectivity index (χ0n) is 7.32. The number of thiophene rings is 1. The van der Waals surface area contributed by atoms with E-state index >= 15 is 0 Å². The van der Waals surface area contributed by atoms with Gasteiger partial charge in [0, 0.05) is 17.7 Å². The van der Waals surface area contributed by atoms with Crippen LogP contribution in [0.25, 0.3) is 0 Å². The van der Waals surface area contributed by atoms with Crippen molar-refractivity contribution < 1.29 is 0 Å². The van der Waals surface area contributed by atoms with Gasteiger partial charge in [-0.25, -0.2) is 0 Å². The molecule has 2 heterocycles. The predicted molar refractivity (Wildman–Crippen MR) is 66.1 cm³/mol. The first-order chi connectivity index (χ1) is 6.77. The fraction of sp³-hybridized carbons (Fsp3) is 0.250. The van der Waals surface area contributed by atoms with Gasteiger partial charge in [0.2, 0.25) is 0 Å². The first-order valence-electron chi connectivity index (χ1n) is 4.10. The highest BCUT2D eigenvalue weighted by molar-refractivity contribution is 8.01. The quantitative estimate of drug-likeness (QED) is 0.583. The summed E-state index contributed by atoms with van der Waals surface area (Å²) in [4.78, 5) is 0. The average molecular weight is 243 g/mol. The summed E-state index contributed by atoms with van der Waals surface area (Å²) in [6.45, 7) is 0. The second-order valence-electron chi connectivity index (χ2n) is 2.75. The number of thiocarbonyl (C=S) groups is 1. The number of nitrogens with zero attached hydrogens (tertiary/aromatic N) is 1. The van der Waals surface area contributed by atoms with Crippen LogP contribution in [0.3, 0.4) is 0 Å². The smallest absolute Gasteiger partial charge is 0.184 e. The van der Waals surface area contributed by atoms with E-state index in [4.69, 9.17) is 18.0 Å². The van der Waals surface area contributed by atoms with E-state index in [0.717, 1.165) is 17.9 Å². The fourth-order valence-corrected chi connectivity index (χ4v) is 3.43. The number of hydrogen-bond acceptors (Lipinski definition) is 4. The number of fused-ring (bicyclic) bond motifs is 1. The first-order valence-corrected chi connectivity index (χ1v) is 6.37. The second-order valence-corrected chi connectivity index (χ2v) is 5.47. The Morgan fingerprint density at radius 2 is 2.50 bits per heavy atom. The van der Waals surface area contributed by atoms with Crippen molar-refractivity contribution in [2.45, 2.75) is 10.6 Å². The Morgan fingerprint density at radius 1 is 1.64 bits per heavy atom. The summed E-state index contributed by atoms with van der Waals surface area (Å²) in [6.07, 6.45) is 0.962. The Morgan fingerprint density at radius 3 is 3.29 bits per heavy atom. The first kappa shape index (κ1) is 9.95. The second kappa shape index (κ2) is 4.29. The van der Waals surface area contributed by atoms with Crippen molar-refractivity contribution >= 4 is 46.1 Å². The molecule has 0 saturated heterocycles. The standard InChI is InChI=1S/C8H9N3S3/c9-8(12)11-10-6-2-4-14-7-5(6)1-3-13-7/h1,3H,2,4H2,(H3,9,11,12). The predicted octanol–water partition coefficient (Wildman–Crippen LogP) is 1.78. The maximum Gasteiger partial charge on any atom is 0.184 e. The molecule has 1 aromatic rings. The topological polar surface area (TPSA) is 50.4 Å². The SMILES string of the molecule is NC(=S)NN=C1CCSc2sccc21. The van der Waals surface area contributed by atoms with Gasteiger partial charge in [0.15, 0.2) is 5.11 Å². The fourth-order valence-electron chi connectivity index (χ4n) is 1.23. The minimum atomic E-state index is 0.215. The maximum atomic E-state index is 5.32. The molecule has 0 amide bonds. The molecule has 0 aliphatic carbocycles. The average Bonchev–Trinajstić information content (AvgIpc) is 2.62. The van der Waals surface area contributed by atoms with Gasteiger partial charge < -0.3 is 5.73 Å². The highest BCUT2D eigenvalue weighted by Crippen LogP contribution is 2.34. The summed E-state index contributed by atoms with van der Waals surface area (Å²) in [6, 6.07) is 2.09. The number of hydrazone groups is 1. The molecule has 1 aliphatic rings. The summed E-state index contributed by atoms with van der Waals surface area (Å²) in [7, 11) is 0. The zero-order chi connectivity index (χ0) is 9.97. The summed E-state index contributed by atoms with van der Waals surface area (Å²) < 4.78 is 1.33. The third-order valence-electron chi connectivity index (χ3n) is 1.81. The van der Waals surface area contributed by atoms with Crippen molar-refractivity contribution in [3.8, 4) is 0 Å². The molecular formula is C8H9N3S3. The Bertz CT molecular complexity index is 383. The van der Waals surface area contributed by atoms with Crippen LogP contribution in [0.5, 0.6) is 0 Å². The van der Waals surface area contributed by atoms with Crippen LogP contribution in [0, 0.1) is 0 Å². The zero-order valence-corrected chi connectivity index (χ0v) is 9.77. The maximum absolute atomic E-state index is 5.32. The number of nitrogens with one attached hydrogen (secondary N) is 1. The molecule has 0 saturated carbocycles. The van der Waals surface area contributed by atoms with E-state index in [1.807, 2.05) is 11.8 Å². The summed E-state index contributed by atoms with van der Waals surface area (Å²) in [5.41, 5.74) is 10.2. The van der Waals surface area contributed by atoms with Gasteiger partial charge in [-0.3, -0.25) is 5.43 Å². The lowest BCUT2D eigenvalue weighted by Gasteiger charge is -2.12. The number of thioether (sulfide) groups is 1. The van der Waals surface area contributed by atoms with Crippen molar-refractivity contribution in [1.82, 2.24) is 5.43 Å². The van der Waals surface area contributed by atoms with Crippen LogP contribution in [0.15, 0.2) is 20.8 Å². The van der Waals surface area contributed by atoms with E-state index in [9.17, 15) is 0 Å². The molecule has 1 aliphatic heterocycles. The van der Waals surface area contributed by atoms with Crippen molar-refractivity contribution in [3.63, 3.8) is 0 Å². The number of hydrogen-bond donors (Lipinski definition) is 2. The third-order valence-corrected chi connectivity index (χ3v) is 4.14. The summed E-state index contributed by atoms with van der Waals surface area (Å²) in [5, 5.41) is 6.49. The number of rotatable bonds is 1. The van der Waals surface area contributed by atoms with Crippen LogP contribution in [-0.2, 0) is 0 Å². The van der Waals surface area contributed by atoms with Crippen LogP contribution in [0.1, 0.15) is 12.0 Å². The van der Waals surface area contributed by atoms with Gasteiger partial charge in [-0.15, -0.1) is 23.1 Å². The van der Waals surface area contributed by atoms with Gasteiger partial charge in [0.05, 0.1) is 9.92 Å². The molecule has 0 spiro atoms. The molecule has 3 nitrogen and oxygen atoms in total. The Kier molecular flexibility index (Phi) is 3.05. The molecule has 74 valence electrons. The Balaban J connectivity index is 2.23. The van der Waals surface area contributed by atoms with Crippen LogP contribution in [-0.4, -0.2) is 16.6 Å². The van der Waals surface area contributed by atoms with Crippen molar-refractivity contribution in [1.29, 1.82) is 0 Å². The van der Waals surface area contributed by atoms with Gasteiger partial charge in [-0.05, 0) is 23.7 Å². The Labute approximate surface area is 95.8 Å². The lowest BCUT2D eigenvalue weighted by atomic mass is 10.1. The van der Waals surface area contributed by atoms with E-state index in [2.05, 4.69) is 22.0 Å². The lowest BCUT2D eigenvalue weighted by molar-refractivity contribution is 1.01. The van der Waals surface area contributed by atoms with Crippen LogP contribution in [0.2, 0.25) is 0 Å². The van der Waals surface area contributed by atoms with E-state index in [0.29, 0.717) is 0 Å². The molecule has 0 bridgehead atoms. The highest BCUT2D eigenvalue weighted by Gasteiger charge is 2.16. The largest absolute Gasteiger partial charge is 0.375 e. The van der Waals surface area contributed by atoms with E-state index < -0.39 is 0 Å². The minimum Gasteiger partial charge on any atom is -0.375 e. The van der Waals surface area contributed by atoms with Crippen molar-refractivity contribution in [3.05, 3.63) is 17.0 Å². The van der Waals surface area contributed by atoms with Crippen LogP contribution in [0.4, 0.5) is 0 Å². The van der Waals surface area contributed by atoms with Crippen LogP contribution >= 0.6 is 35.3 Å². The van der Waals surface area contributed by atoms with Gasteiger partial charge in [0.25, 0.3) is 0 Å². The summed E-state index contributed by atoms with van der Waals surface area (Å²) in [5.74, 6) is 1.07. The monoisotopic (exact) mass is 243 g/mol. The molecule has 0 unspecified atom stereocenters.